The third-order valence-electron chi connectivity index (χ3n) is 2.90. The van der Waals surface area contributed by atoms with Gasteiger partial charge in [0.25, 0.3) is 5.91 Å². The summed E-state index contributed by atoms with van der Waals surface area (Å²) in [6, 6.07) is 3.80. The molecule has 1 aromatic rings. The summed E-state index contributed by atoms with van der Waals surface area (Å²) in [4.78, 5) is 16.1. The van der Waals surface area contributed by atoms with Crippen molar-refractivity contribution < 1.29 is 4.79 Å². The van der Waals surface area contributed by atoms with Crippen molar-refractivity contribution in [3.8, 4) is 0 Å². The molecule has 0 aromatic carbocycles. The Morgan fingerprint density at radius 1 is 1.56 bits per heavy atom. The van der Waals surface area contributed by atoms with E-state index in [0.717, 1.165) is 30.6 Å². The van der Waals surface area contributed by atoms with Crippen molar-refractivity contribution in [2.45, 2.75) is 24.0 Å². The average molecular weight is 237 g/mol. The van der Waals surface area contributed by atoms with Gasteiger partial charge < -0.3 is 0 Å². The second-order valence-electron chi connectivity index (χ2n) is 3.85. The Hall–Kier alpha value is -1.07. The van der Waals surface area contributed by atoms with E-state index in [1.807, 2.05) is 12.1 Å². The number of nitrogens with zero attached hydrogens (tertiary/aromatic N) is 1. The van der Waals surface area contributed by atoms with Crippen LogP contribution in [0.25, 0.3) is 0 Å². The molecule has 1 amide bonds. The quantitative estimate of drug-likeness (QED) is 0.460. The molecule has 0 saturated carbocycles. The minimum atomic E-state index is -0.540. The topological polar surface area (TPSA) is 68.0 Å². The lowest BCUT2D eigenvalue weighted by atomic mass is 9.92. The lowest BCUT2D eigenvalue weighted by Gasteiger charge is -2.34. The highest BCUT2D eigenvalue weighted by Crippen LogP contribution is 2.44. The molecule has 2 heterocycles. The number of carbonyl (C=O) groups is 1. The molecule has 1 fully saturated rings. The summed E-state index contributed by atoms with van der Waals surface area (Å²) < 4.78 is -0.540. The van der Waals surface area contributed by atoms with Crippen LogP contribution in [0.1, 0.15) is 24.8 Å². The van der Waals surface area contributed by atoms with E-state index >= 15 is 0 Å². The molecule has 1 unspecified atom stereocenters. The highest BCUT2D eigenvalue weighted by atomic mass is 32.2. The van der Waals surface area contributed by atoms with Gasteiger partial charge in [-0.3, -0.25) is 15.2 Å². The van der Waals surface area contributed by atoms with E-state index in [2.05, 4.69) is 10.4 Å². The molecule has 0 bridgehead atoms. The number of amides is 1. The van der Waals surface area contributed by atoms with Crippen LogP contribution in [0.15, 0.2) is 24.5 Å². The van der Waals surface area contributed by atoms with Gasteiger partial charge in [0.1, 0.15) is 4.75 Å². The molecule has 16 heavy (non-hydrogen) atoms. The second-order valence-corrected chi connectivity index (χ2v) is 5.24. The number of hydrazine groups is 1. The number of nitrogens with one attached hydrogen (secondary N) is 1. The number of thioether (sulfide) groups is 1. The number of pyridine rings is 1. The third kappa shape index (κ3) is 1.92. The molecule has 2 rings (SSSR count). The monoisotopic (exact) mass is 237 g/mol. The molecule has 4 nitrogen and oxygen atoms in total. The summed E-state index contributed by atoms with van der Waals surface area (Å²) in [6.45, 7) is 0. The molecule has 1 aliphatic heterocycles. The standard InChI is InChI=1S/C11H15N3OS/c12-14-10(15)11(5-1-2-7-16-11)9-4-3-6-13-8-9/h3-4,6,8H,1-2,5,7,12H2,(H,14,15). The van der Waals surface area contributed by atoms with Crippen LogP contribution in [-0.2, 0) is 9.54 Å². The molecule has 3 N–H and O–H groups in total. The summed E-state index contributed by atoms with van der Waals surface area (Å²) >= 11 is 1.66. The van der Waals surface area contributed by atoms with E-state index in [4.69, 9.17) is 5.84 Å². The van der Waals surface area contributed by atoms with Gasteiger partial charge in [0, 0.05) is 12.4 Å². The number of hydrogen-bond acceptors (Lipinski definition) is 4. The number of nitrogens with two attached hydrogens (primary N) is 1. The van der Waals surface area contributed by atoms with Gasteiger partial charge in [-0.2, -0.15) is 0 Å². The summed E-state index contributed by atoms with van der Waals surface area (Å²) in [6.07, 6.45) is 6.50. The van der Waals surface area contributed by atoms with E-state index in [9.17, 15) is 4.79 Å². The first-order valence-corrected chi connectivity index (χ1v) is 6.34. The van der Waals surface area contributed by atoms with Crippen LogP contribution in [0.3, 0.4) is 0 Å². The predicted octanol–water partition coefficient (Wildman–Crippen LogP) is 1.18. The highest BCUT2D eigenvalue weighted by Gasteiger charge is 2.41. The van der Waals surface area contributed by atoms with E-state index in [1.54, 1.807) is 24.2 Å². The Kier molecular flexibility index (Phi) is 3.46. The first-order chi connectivity index (χ1) is 7.79. The fourth-order valence-electron chi connectivity index (χ4n) is 2.05. The van der Waals surface area contributed by atoms with Gasteiger partial charge in [0.2, 0.25) is 0 Å². The molecule has 0 radical (unpaired) electrons. The fraction of sp³-hybridized carbons (Fsp3) is 0.455. The molecule has 1 atom stereocenters. The lowest BCUT2D eigenvalue weighted by molar-refractivity contribution is -0.124. The van der Waals surface area contributed by atoms with E-state index in [1.165, 1.54) is 0 Å². The molecule has 1 aromatic heterocycles. The third-order valence-corrected chi connectivity index (χ3v) is 4.51. The van der Waals surface area contributed by atoms with Gasteiger partial charge >= 0.3 is 0 Å². The zero-order valence-electron chi connectivity index (χ0n) is 8.98. The smallest absolute Gasteiger partial charge is 0.254 e. The molecule has 86 valence electrons. The Bertz CT molecular complexity index is 363. The van der Waals surface area contributed by atoms with Crippen LogP contribution in [0.5, 0.6) is 0 Å². The summed E-state index contributed by atoms with van der Waals surface area (Å²) in [5.74, 6) is 6.16. The van der Waals surface area contributed by atoms with Gasteiger partial charge in [-0.1, -0.05) is 12.5 Å². The molecular weight excluding hydrogens is 222 g/mol. The average Bonchev–Trinajstić information content (AvgIpc) is 2.39. The van der Waals surface area contributed by atoms with Crippen LogP contribution in [-0.4, -0.2) is 16.6 Å². The van der Waals surface area contributed by atoms with Crippen molar-refractivity contribution in [2.24, 2.45) is 5.84 Å². The Balaban J connectivity index is 2.38. The van der Waals surface area contributed by atoms with Crippen LogP contribution >= 0.6 is 11.8 Å². The largest absolute Gasteiger partial charge is 0.293 e. The maximum atomic E-state index is 12.0. The molecule has 0 spiro atoms. The van der Waals surface area contributed by atoms with Crippen molar-refractivity contribution in [3.05, 3.63) is 30.1 Å². The van der Waals surface area contributed by atoms with Crippen molar-refractivity contribution in [1.29, 1.82) is 0 Å². The minimum absolute atomic E-state index is 0.120. The molecule has 5 heteroatoms. The van der Waals surface area contributed by atoms with Crippen molar-refractivity contribution in [1.82, 2.24) is 10.4 Å². The normalized spacial score (nSPS) is 25.1. The molecule has 0 aliphatic carbocycles. The van der Waals surface area contributed by atoms with Gasteiger partial charge in [-0.25, -0.2) is 5.84 Å². The lowest BCUT2D eigenvalue weighted by Crippen LogP contribution is -2.46. The zero-order valence-corrected chi connectivity index (χ0v) is 9.80. The van der Waals surface area contributed by atoms with Crippen molar-refractivity contribution in [2.75, 3.05) is 5.75 Å². The van der Waals surface area contributed by atoms with E-state index in [-0.39, 0.29) is 5.91 Å². The molecule has 1 aliphatic rings. The van der Waals surface area contributed by atoms with Gasteiger partial charge in [0.05, 0.1) is 0 Å². The second kappa shape index (κ2) is 4.84. The summed E-state index contributed by atoms with van der Waals surface area (Å²) in [5.41, 5.74) is 3.23. The van der Waals surface area contributed by atoms with E-state index in [0.29, 0.717) is 0 Å². The fourth-order valence-corrected chi connectivity index (χ4v) is 3.51. The number of carbonyl (C=O) groups excluding carboxylic acids is 1. The van der Waals surface area contributed by atoms with Gasteiger partial charge in [-0.05, 0) is 30.2 Å². The van der Waals surface area contributed by atoms with E-state index < -0.39 is 4.75 Å². The van der Waals surface area contributed by atoms with Crippen LogP contribution in [0.2, 0.25) is 0 Å². The van der Waals surface area contributed by atoms with Crippen LogP contribution in [0, 0.1) is 0 Å². The maximum absolute atomic E-state index is 12.0. The first kappa shape index (κ1) is 11.4. The van der Waals surface area contributed by atoms with Crippen molar-refractivity contribution in [3.63, 3.8) is 0 Å². The Morgan fingerprint density at radius 3 is 3.00 bits per heavy atom. The van der Waals surface area contributed by atoms with Gasteiger partial charge in [-0.15, -0.1) is 11.8 Å². The number of aromatic nitrogens is 1. The Labute approximate surface area is 99.0 Å². The summed E-state index contributed by atoms with van der Waals surface area (Å²) in [5, 5.41) is 0. The van der Waals surface area contributed by atoms with Crippen LogP contribution in [0.4, 0.5) is 0 Å². The Morgan fingerprint density at radius 2 is 2.44 bits per heavy atom. The number of rotatable bonds is 2. The SMILES string of the molecule is NNC(=O)C1(c2cccnc2)CCCCS1. The first-order valence-electron chi connectivity index (χ1n) is 5.35. The van der Waals surface area contributed by atoms with Gasteiger partial charge in [0.15, 0.2) is 0 Å². The number of hydrogen-bond donors (Lipinski definition) is 2. The highest BCUT2D eigenvalue weighted by molar-refractivity contribution is 8.01. The molecule has 1 saturated heterocycles. The predicted molar refractivity (Wildman–Crippen MR) is 64.6 cm³/mol. The van der Waals surface area contributed by atoms with Crippen molar-refractivity contribution >= 4 is 17.7 Å². The zero-order chi connectivity index (χ0) is 11.4. The minimum Gasteiger partial charge on any atom is -0.293 e. The van der Waals surface area contributed by atoms with Crippen LogP contribution < -0.4 is 11.3 Å². The molecular formula is C11H15N3OS. The summed E-state index contributed by atoms with van der Waals surface area (Å²) in [7, 11) is 0. The maximum Gasteiger partial charge on any atom is 0.254 e.